The van der Waals surface area contributed by atoms with E-state index in [0.29, 0.717) is 18.4 Å². The fourth-order valence-corrected chi connectivity index (χ4v) is 11.0. The minimum absolute atomic E-state index is 0.00756. The number of hydrogen-bond donors (Lipinski definition) is 5. The van der Waals surface area contributed by atoms with Crippen molar-refractivity contribution >= 4 is 70.9 Å². The van der Waals surface area contributed by atoms with Gasteiger partial charge in [-0.3, -0.25) is 57.5 Å². The van der Waals surface area contributed by atoms with E-state index in [1.54, 1.807) is 48.5 Å². The van der Waals surface area contributed by atoms with Crippen LogP contribution in [-0.2, 0) is 79.6 Å². The average molecular weight is 1410 g/mol. The first-order chi connectivity index (χ1) is 45.6. The lowest BCUT2D eigenvalue weighted by molar-refractivity contribution is -0.150. The Hall–Kier alpha value is -7.43. The Morgan fingerprint density at radius 3 is 1.61 bits per heavy atom. The Morgan fingerprint density at radius 2 is 1.09 bits per heavy atom. The van der Waals surface area contributed by atoms with Crippen molar-refractivity contribution in [3.05, 3.63) is 35.4 Å². The number of rotatable bonds is 20. The van der Waals surface area contributed by atoms with E-state index >= 15 is 4.79 Å². The maximum Gasteiger partial charge on any atom is 0.416 e. The molecule has 8 atom stereocenters. The van der Waals surface area contributed by atoms with Crippen LogP contribution in [0.3, 0.4) is 0 Å². The number of likely N-dealkylation sites (N-methyl/N-ethyl adjacent to an activating group) is 7. The van der Waals surface area contributed by atoms with Crippen molar-refractivity contribution in [1.82, 2.24) is 60.9 Å². The molecule has 0 aliphatic carbocycles. The minimum Gasteiger partial charge on any atom is -0.379 e. The molecule has 0 unspecified atom stereocenters. The van der Waals surface area contributed by atoms with E-state index < -0.39 is 181 Å². The molecule has 0 radical (unpaired) electrons. The molecule has 99 heavy (non-hydrogen) atoms. The molecule has 1 heterocycles. The van der Waals surface area contributed by atoms with Crippen LogP contribution in [0.15, 0.2) is 24.3 Å². The lowest BCUT2D eigenvalue weighted by atomic mass is 9.95. The van der Waals surface area contributed by atoms with Gasteiger partial charge in [0.25, 0.3) is 0 Å². The van der Waals surface area contributed by atoms with Crippen LogP contribution in [0.4, 0.5) is 13.2 Å². The van der Waals surface area contributed by atoms with Gasteiger partial charge in [-0.25, -0.2) is 0 Å². The third-order valence-corrected chi connectivity index (χ3v) is 17.2. The summed E-state index contributed by atoms with van der Waals surface area (Å²) in [6.45, 7) is 23.6. The first kappa shape index (κ1) is 87.7. The monoisotopic (exact) mass is 1410 g/mol. The number of carbonyl (C=O) groups is 12. The molecule has 0 aromatic heterocycles. The Morgan fingerprint density at radius 1 is 0.586 bits per heavy atom. The molecule has 26 nitrogen and oxygen atoms in total. The SMILES string of the molecule is CC[C@H](C)[C@@H]1NC(=O)[C@H](CC(C)C)N(C)C(=O)C[C@@H](COCC(=O)NC(C)(C)C)NC(=O)[C@H](CC(C)C)N(C)C(=O)C(C)(C)NC(=O)[C@@H](CC(C)C)N(C)C(=O)[C@H](CCc2ccc(C(F)(F)F)cc2)NC(=O)CN(C)C(=O)[C@@H](COCCC(C)C)N(C)C(=O)CN(C)C(=O)CN(C)C1=O. The highest BCUT2D eigenvalue weighted by molar-refractivity contribution is 5.99. The number of amides is 12. The third-order valence-electron chi connectivity index (χ3n) is 17.2. The number of ether oxygens (including phenoxy) is 2. The zero-order valence-corrected chi connectivity index (χ0v) is 62.8. The second-order valence-electron chi connectivity index (χ2n) is 29.8. The molecule has 29 heteroatoms. The zero-order chi connectivity index (χ0) is 75.9. The number of benzene rings is 1. The van der Waals surface area contributed by atoms with Crippen molar-refractivity contribution in [2.75, 3.05) is 95.4 Å². The van der Waals surface area contributed by atoms with Crippen molar-refractivity contribution < 1.29 is 80.2 Å². The summed E-state index contributed by atoms with van der Waals surface area (Å²) in [4.78, 5) is 181. The zero-order valence-electron chi connectivity index (χ0n) is 62.8. The Bertz CT molecular complexity index is 2900. The fraction of sp³-hybridized carbons (Fsp3) is 0.743. The van der Waals surface area contributed by atoms with Crippen LogP contribution in [0.1, 0.15) is 160 Å². The maximum absolute atomic E-state index is 15.0. The predicted octanol–water partition coefficient (Wildman–Crippen LogP) is 4.25. The predicted molar refractivity (Wildman–Crippen MR) is 368 cm³/mol. The topological polar surface area (TPSA) is 306 Å². The van der Waals surface area contributed by atoms with Gasteiger partial charge in [0, 0.05) is 67.9 Å². The van der Waals surface area contributed by atoms with Crippen LogP contribution in [-0.4, -0.2) is 254 Å². The van der Waals surface area contributed by atoms with Gasteiger partial charge in [-0.15, -0.1) is 0 Å². The molecule has 1 saturated heterocycles. The number of alkyl halides is 3. The van der Waals surface area contributed by atoms with E-state index in [1.807, 2.05) is 41.5 Å². The van der Waals surface area contributed by atoms with Gasteiger partial charge in [0.1, 0.15) is 48.4 Å². The average Bonchev–Trinajstić information content (AvgIpc) is 0.828. The second-order valence-corrected chi connectivity index (χ2v) is 29.8. The van der Waals surface area contributed by atoms with Crippen LogP contribution >= 0.6 is 0 Å². The maximum atomic E-state index is 15.0. The summed E-state index contributed by atoms with van der Waals surface area (Å²) in [5.41, 5.74) is -3.00. The first-order valence-corrected chi connectivity index (χ1v) is 34.3. The lowest BCUT2D eigenvalue weighted by Crippen LogP contribution is -2.63. The largest absolute Gasteiger partial charge is 0.416 e. The molecular formula is C70H117F3N12O14. The van der Waals surface area contributed by atoms with Gasteiger partial charge < -0.3 is 70.4 Å². The van der Waals surface area contributed by atoms with Crippen LogP contribution in [0, 0.1) is 29.6 Å². The number of carbonyl (C=O) groups excluding carboxylic acids is 12. The molecule has 0 bridgehead atoms. The Balaban J connectivity index is 2.98. The van der Waals surface area contributed by atoms with Crippen LogP contribution < -0.4 is 26.6 Å². The number of hydrogen-bond acceptors (Lipinski definition) is 14. The molecule has 0 saturated carbocycles. The van der Waals surface area contributed by atoms with E-state index in [-0.39, 0.29) is 69.0 Å². The molecule has 1 aliphatic rings. The quantitative estimate of drug-likeness (QED) is 0.114. The molecule has 562 valence electrons. The lowest BCUT2D eigenvalue weighted by Gasteiger charge is -2.38. The summed E-state index contributed by atoms with van der Waals surface area (Å²) < 4.78 is 52.7. The second kappa shape index (κ2) is 39.5. The van der Waals surface area contributed by atoms with Gasteiger partial charge in [-0.05, 0) is 120 Å². The molecule has 1 aliphatic heterocycles. The molecule has 1 fully saturated rings. The summed E-state index contributed by atoms with van der Waals surface area (Å²) in [5, 5.41) is 14.0. The molecular weight excluding hydrogens is 1290 g/mol. The highest BCUT2D eigenvalue weighted by Crippen LogP contribution is 2.30. The first-order valence-electron chi connectivity index (χ1n) is 34.3. The highest BCUT2D eigenvalue weighted by atomic mass is 19.4. The molecule has 0 spiro atoms. The molecule has 2 rings (SSSR count). The van der Waals surface area contributed by atoms with Gasteiger partial charge in [0.05, 0.1) is 44.5 Å². The molecule has 1 aromatic carbocycles. The van der Waals surface area contributed by atoms with E-state index in [0.717, 1.165) is 41.5 Å². The standard InChI is InChI=1S/C70H117F3N12O14/c1-23-46(10)60-66(96)81(18)37-58(89)79(16)38-59(90)83(20)54(40-98-31-30-42(2)3)65(95)80(17)36-55(86)75-50(29-26-47-24-27-48(28-25-47)70(71,72)73)64(94)84(21)53(34-45(8)9)63(93)78-69(14,15)67(97)85(22)52(33-44(6)7)61(91)74-49(39-99-41-56(87)77-68(11,12)13)35-57(88)82(19)51(32-43(4)5)62(92)76-60/h24-25,27-28,42-46,49-54,60H,23,26,29-41H2,1-22H3,(H,74,91)(H,75,86)(H,76,92)(H,77,87)(H,78,93)/t46-,49-,50-,51-,52-,53+,54+,60-/m0/s1. The Labute approximate surface area is 585 Å². The number of halogens is 3. The Kier molecular flexibility index (Phi) is 35.0. The molecule has 12 amide bonds. The minimum atomic E-state index is -4.64. The van der Waals surface area contributed by atoms with Gasteiger partial charge >= 0.3 is 6.18 Å². The van der Waals surface area contributed by atoms with Gasteiger partial charge in [0.15, 0.2) is 0 Å². The van der Waals surface area contributed by atoms with E-state index in [9.17, 15) is 65.9 Å². The number of nitrogens with one attached hydrogen (secondary N) is 5. The van der Waals surface area contributed by atoms with E-state index in [2.05, 4.69) is 26.6 Å². The van der Waals surface area contributed by atoms with E-state index in [4.69, 9.17) is 9.47 Å². The number of aryl methyl sites for hydroxylation is 1. The smallest absolute Gasteiger partial charge is 0.379 e. The third kappa shape index (κ3) is 29.0. The highest BCUT2D eigenvalue weighted by Gasteiger charge is 2.43. The van der Waals surface area contributed by atoms with Crippen LogP contribution in [0.25, 0.3) is 0 Å². The van der Waals surface area contributed by atoms with Gasteiger partial charge in [-0.1, -0.05) is 87.8 Å². The van der Waals surface area contributed by atoms with Crippen molar-refractivity contribution in [2.24, 2.45) is 29.6 Å². The van der Waals surface area contributed by atoms with Crippen LogP contribution in [0.5, 0.6) is 0 Å². The summed E-state index contributed by atoms with van der Waals surface area (Å²) in [5.74, 6) is -9.76. The number of nitrogens with zero attached hydrogens (tertiary/aromatic N) is 7. The summed E-state index contributed by atoms with van der Waals surface area (Å²) in [7, 11) is 9.38. The molecule has 5 N–H and O–H groups in total. The van der Waals surface area contributed by atoms with Gasteiger partial charge in [0.2, 0.25) is 70.9 Å². The van der Waals surface area contributed by atoms with Crippen LogP contribution in [0.2, 0.25) is 0 Å². The summed E-state index contributed by atoms with van der Waals surface area (Å²) in [6, 6.07) is -4.85. The van der Waals surface area contributed by atoms with Crippen molar-refractivity contribution in [2.45, 2.75) is 215 Å². The van der Waals surface area contributed by atoms with Crippen molar-refractivity contribution in [3.63, 3.8) is 0 Å². The summed E-state index contributed by atoms with van der Waals surface area (Å²) >= 11 is 0. The van der Waals surface area contributed by atoms with Crippen molar-refractivity contribution in [1.29, 1.82) is 0 Å². The molecule has 1 aromatic rings. The van der Waals surface area contributed by atoms with Crippen molar-refractivity contribution in [3.8, 4) is 0 Å². The normalized spacial score (nSPS) is 22.9. The van der Waals surface area contributed by atoms with E-state index in [1.165, 1.54) is 80.2 Å². The fourth-order valence-electron chi connectivity index (χ4n) is 11.0. The summed E-state index contributed by atoms with van der Waals surface area (Å²) in [6.07, 6.45) is -4.28. The van der Waals surface area contributed by atoms with Gasteiger partial charge in [-0.2, -0.15) is 13.2 Å².